The maximum Gasteiger partial charge on any atom is 0.264 e. The minimum absolute atomic E-state index is 0.0642. The molecule has 0 bridgehead atoms. The Hall–Kier alpha value is -4.28. The molecule has 0 aliphatic rings. The highest BCUT2D eigenvalue weighted by Crippen LogP contribution is 2.28. The van der Waals surface area contributed by atoms with Crippen molar-refractivity contribution in [1.29, 1.82) is 0 Å². The number of carbonyl (C=O) groups is 2. The SMILES string of the molecule is CC(C)NC(=O)C(Cc1ccccc1)N(Cc1ccccc1F)C(=O)CN(c1ccc(F)c(Cl)c1)S(=O)(=O)c1ccccc1. The van der Waals surface area contributed by atoms with Gasteiger partial charge in [-0.2, -0.15) is 0 Å². The molecule has 0 heterocycles. The van der Waals surface area contributed by atoms with Gasteiger partial charge in [-0.3, -0.25) is 13.9 Å². The molecule has 1 atom stereocenters. The van der Waals surface area contributed by atoms with Crippen LogP contribution in [0, 0.1) is 11.6 Å². The predicted octanol–water partition coefficient (Wildman–Crippen LogP) is 5.98. The number of hydrogen-bond acceptors (Lipinski definition) is 4. The van der Waals surface area contributed by atoms with E-state index in [1.54, 1.807) is 50.2 Å². The molecule has 0 spiro atoms. The van der Waals surface area contributed by atoms with E-state index in [0.717, 1.165) is 22.0 Å². The summed E-state index contributed by atoms with van der Waals surface area (Å²) in [6, 6.07) is 24.2. The van der Waals surface area contributed by atoms with Gasteiger partial charge in [0.05, 0.1) is 15.6 Å². The van der Waals surface area contributed by atoms with Gasteiger partial charge >= 0.3 is 0 Å². The Kier molecular flexibility index (Phi) is 10.7. The van der Waals surface area contributed by atoms with Gasteiger partial charge in [-0.1, -0.05) is 78.3 Å². The molecule has 4 aromatic rings. The Bertz CT molecular complexity index is 1710. The molecule has 4 aromatic carbocycles. The minimum Gasteiger partial charge on any atom is -0.352 e. The number of sulfonamides is 1. The van der Waals surface area contributed by atoms with Crippen LogP contribution in [0.3, 0.4) is 0 Å². The van der Waals surface area contributed by atoms with Crippen molar-refractivity contribution in [2.45, 2.75) is 43.8 Å². The Labute approximate surface area is 261 Å². The largest absolute Gasteiger partial charge is 0.352 e. The second-order valence-electron chi connectivity index (χ2n) is 10.4. The molecule has 4 rings (SSSR count). The summed E-state index contributed by atoms with van der Waals surface area (Å²) in [5.41, 5.74) is 0.811. The van der Waals surface area contributed by atoms with Gasteiger partial charge in [0.1, 0.15) is 24.2 Å². The lowest BCUT2D eigenvalue weighted by Gasteiger charge is -2.34. The zero-order valence-electron chi connectivity index (χ0n) is 24.2. The van der Waals surface area contributed by atoms with Gasteiger partial charge in [-0.15, -0.1) is 0 Å². The smallest absolute Gasteiger partial charge is 0.264 e. The van der Waals surface area contributed by atoms with Crippen LogP contribution in [0.1, 0.15) is 25.0 Å². The van der Waals surface area contributed by atoms with Crippen LogP contribution in [0.25, 0.3) is 0 Å². The lowest BCUT2D eigenvalue weighted by atomic mass is 10.0. The van der Waals surface area contributed by atoms with Crippen LogP contribution in [-0.2, 0) is 32.6 Å². The van der Waals surface area contributed by atoms with Crippen molar-refractivity contribution in [3.05, 3.63) is 131 Å². The normalized spacial score (nSPS) is 12.0. The summed E-state index contributed by atoms with van der Waals surface area (Å²) in [6.45, 7) is 2.44. The number of nitrogens with zero attached hydrogens (tertiary/aromatic N) is 2. The van der Waals surface area contributed by atoms with Gasteiger partial charge in [-0.25, -0.2) is 17.2 Å². The molecule has 0 aromatic heterocycles. The van der Waals surface area contributed by atoms with E-state index in [1.807, 2.05) is 6.07 Å². The summed E-state index contributed by atoms with van der Waals surface area (Å²) in [6.07, 6.45) is 0.0768. The highest BCUT2D eigenvalue weighted by atomic mass is 35.5. The van der Waals surface area contributed by atoms with Gasteiger partial charge in [-0.05, 0) is 55.8 Å². The quantitative estimate of drug-likeness (QED) is 0.207. The van der Waals surface area contributed by atoms with Gasteiger partial charge in [0.15, 0.2) is 0 Å². The van der Waals surface area contributed by atoms with Crippen molar-refractivity contribution in [1.82, 2.24) is 10.2 Å². The molecular formula is C33H32ClF2N3O4S. The zero-order chi connectivity index (χ0) is 31.9. The first-order valence-electron chi connectivity index (χ1n) is 13.9. The van der Waals surface area contributed by atoms with Gasteiger partial charge < -0.3 is 10.2 Å². The van der Waals surface area contributed by atoms with Crippen LogP contribution in [0.2, 0.25) is 5.02 Å². The Morgan fingerprint density at radius 2 is 1.45 bits per heavy atom. The number of carbonyl (C=O) groups excluding carboxylic acids is 2. The summed E-state index contributed by atoms with van der Waals surface area (Å²) in [7, 11) is -4.39. The van der Waals surface area contributed by atoms with E-state index < -0.39 is 46.1 Å². The van der Waals surface area contributed by atoms with Crippen LogP contribution in [-0.4, -0.2) is 43.8 Å². The van der Waals surface area contributed by atoms with Crippen LogP contribution in [0.5, 0.6) is 0 Å². The maximum absolute atomic E-state index is 14.9. The second-order valence-corrected chi connectivity index (χ2v) is 12.7. The number of halogens is 3. The maximum atomic E-state index is 14.9. The molecule has 0 saturated carbocycles. The van der Waals surface area contributed by atoms with E-state index in [9.17, 15) is 26.8 Å². The topological polar surface area (TPSA) is 86.8 Å². The van der Waals surface area contributed by atoms with E-state index in [-0.39, 0.29) is 40.2 Å². The van der Waals surface area contributed by atoms with E-state index in [2.05, 4.69) is 5.32 Å². The Morgan fingerprint density at radius 1 is 0.841 bits per heavy atom. The van der Waals surface area contributed by atoms with E-state index in [4.69, 9.17) is 11.6 Å². The van der Waals surface area contributed by atoms with Gasteiger partial charge in [0.25, 0.3) is 10.0 Å². The van der Waals surface area contributed by atoms with Crippen molar-refractivity contribution >= 4 is 39.1 Å². The zero-order valence-corrected chi connectivity index (χ0v) is 25.7. The molecule has 11 heteroatoms. The third kappa shape index (κ3) is 8.00. The number of amides is 2. The summed E-state index contributed by atoms with van der Waals surface area (Å²) in [5.74, 6) is -2.63. The minimum atomic E-state index is -4.39. The summed E-state index contributed by atoms with van der Waals surface area (Å²) in [5, 5.41) is 2.49. The lowest BCUT2D eigenvalue weighted by Crippen LogP contribution is -2.54. The van der Waals surface area contributed by atoms with Crippen LogP contribution in [0.15, 0.2) is 108 Å². The molecule has 0 fully saturated rings. The Morgan fingerprint density at radius 3 is 2.07 bits per heavy atom. The average Bonchev–Trinajstić information content (AvgIpc) is 3.00. The number of rotatable bonds is 12. The standard InChI is InChI=1S/C33H32ClF2N3O4S/c1-23(2)37-33(41)31(19-24-11-5-3-6-12-24)38(21-25-13-9-10-16-29(25)35)32(40)22-39(26-17-18-30(36)28(34)20-26)44(42,43)27-14-7-4-8-15-27/h3-18,20,23,31H,19,21-22H2,1-2H3,(H,37,41). The van der Waals surface area contributed by atoms with Gasteiger partial charge in [0, 0.05) is 24.6 Å². The first kappa shape index (κ1) is 32.6. The monoisotopic (exact) mass is 639 g/mol. The molecule has 0 aliphatic heterocycles. The number of benzene rings is 4. The van der Waals surface area contributed by atoms with E-state index in [0.29, 0.717) is 0 Å². The van der Waals surface area contributed by atoms with Crippen molar-refractivity contribution < 1.29 is 26.8 Å². The third-order valence-corrected chi connectivity index (χ3v) is 8.88. The average molecular weight is 640 g/mol. The summed E-state index contributed by atoms with van der Waals surface area (Å²) >= 11 is 6.02. The summed E-state index contributed by atoms with van der Waals surface area (Å²) in [4.78, 5) is 29.0. The molecule has 44 heavy (non-hydrogen) atoms. The van der Waals surface area contributed by atoms with Crippen LogP contribution >= 0.6 is 11.6 Å². The van der Waals surface area contributed by atoms with Gasteiger partial charge in [0.2, 0.25) is 11.8 Å². The predicted molar refractivity (Wildman–Crippen MR) is 167 cm³/mol. The fraction of sp³-hybridized carbons (Fsp3) is 0.212. The molecule has 0 saturated heterocycles. The molecule has 1 N–H and O–H groups in total. The van der Waals surface area contributed by atoms with Crippen molar-refractivity contribution in [3.8, 4) is 0 Å². The van der Waals surface area contributed by atoms with Crippen LogP contribution in [0.4, 0.5) is 14.5 Å². The molecule has 2 amide bonds. The first-order valence-corrected chi connectivity index (χ1v) is 15.7. The number of anilines is 1. The second kappa shape index (κ2) is 14.5. The molecular weight excluding hydrogens is 608 g/mol. The summed E-state index contributed by atoms with van der Waals surface area (Å²) < 4.78 is 57.7. The molecule has 7 nitrogen and oxygen atoms in total. The van der Waals surface area contributed by atoms with Crippen LogP contribution < -0.4 is 9.62 Å². The van der Waals surface area contributed by atoms with Crippen molar-refractivity contribution in [3.63, 3.8) is 0 Å². The molecule has 230 valence electrons. The highest BCUT2D eigenvalue weighted by molar-refractivity contribution is 7.92. The molecule has 1 unspecified atom stereocenters. The van der Waals surface area contributed by atoms with Crippen molar-refractivity contribution in [2.75, 3.05) is 10.8 Å². The van der Waals surface area contributed by atoms with E-state index in [1.165, 1.54) is 53.4 Å². The molecule has 0 radical (unpaired) electrons. The first-order chi connectivity index (χ1) is 21.0. The molecule has 0 aliphatic carbocycles. The highest BCUT2D eigenvalue weighted by Gasteiger charge is 2.35. The van der Waals surface area contributed by atoms with E-state index >= 15 is 0 Å². The lowest BCUT2D eigenvalue weighted by molar-refractivity contribution is -0.140. The number of nitrogens with one attached hydrogen (secondary N) is 1. The third-order valence-electron chi connectivity index (χ3n) is 6.80. The fourth-order valence-corrected chi connectivity index (χ4v) is 6.24. The number of hydrogen-bond donors (Lipinski definition) is 1. The van der Waals surface area contributed by atoms with Crippen molar-refractivity contribution in [2.24, 2.45) is 0 Å². The fourth-order valence-electron chi connectivity index (χ4n) is 4.63. The Balaban J connectivity index is 1.82.